The fourth-order valence-electron chi connectivity index (χ4n) is 3.96. The molecule has 0 atom stereocenters. The van der Waals surface area contributed by atoms with Crippen LogP contribution in [0.3, 0.4) is 0 Å². The topological polar surface area (TPSA) is 81.8 Å². The van der Waals surface area contributed by atoms with E-state index in [1.54, 1.807) is 11.0 Å². The fraction of sp³-hybridized carbons (Fsp3) is 0.348. The maximum Gasteiger partial charge on any atom is 0.251 e. The highest BCUT2D eigenvalue weighted by atomic mass is 16.2. The minimum Gasteiger partial charge on any atom is -0.360 e. The Balaban J connectivity index is 1.36. The molecule has 2 heterocycles. The van der Waals surface area contributed by atoms with Crippen molar-refractivity contribution < 1.29 is 14.4 Å². The van der Waals surface area contributed by atoms with Crippen molar-refractivity contribution in [1.82, 2.24) is 10.6 Å². The summed E-state index contributed by atoms with van der Waals surface area (Å²) in [6.07, 6.45) is 1.25. The van der Waals surface area contributed by atoms with Crippen molar-refractivity contribution in [2.75, 3.05) is 36.0 Å². The smallest absolute Gasteiger partial charge is 0.251 e. The second-order valence-corrected chi connectivity index (χ2v) is 7.61. The van der Waals surface area contributed by atoms with Crippen molar-refractivity contribution >= 4 is 29.1 Å². The maximum absolute atomic E-state index is 12.6. The van der Waals surface area contributed by atoms with Crippen LogP contribution < -0.4 is 20.4 Å². The van der Waals surface area contributed by atoms with E-state index in [9.17, 15) is 14.4 Å². The van der Waals surface area contributed by atoms with E-state index in [0.717, 1.165) is 35.5 Å². The molecule has 0 unspecified atom stereocenters. The number of piperazine rings is 1. The molecule has 0 radical (unpaired) electrons. The molecule has 4 rings (SSSR count). The van der Waals surface area contributed by atoms with E-state index in [1.165, 1.54) is 0 Å². The van der Waals surface area contributed by atoms with Gasteiger partial charge in [-0.2, -0.15) is 0 Å². The first-order valence-electron chi connectivity index (χ1n) is 10.4. The highest BCUT2D eigenvalue weighted by Crippen LogP contribution is 2.29. The van der Waals surface area contributed by atoms with Crippen molar-refractivity contribution in [2.45, 2.75) is 26.3 Å². The number of amides is 3. The Bertz CT molecular complexity index is 971. The van der Waals surface area contributed by atoms with E-state index in [2.05, 4.69) is 10.6 Å². The minimum absolute atomic E-state index is 0.0362. The SMILES string of the molecule is CCC(=O)N1CCc2cc(C(=O)NCc3ccc(N4CCNC(=O)C4)cc3)ccc21. The zero-order chi connectivity index (χ0) is 21.1. The summed E-state index contributed by atoms with van der Waals surface area (Å²) in [5.74, 6) is 0.0172. The van der Waals surface area contributed by atoms with Crippen LogP contribution in [0.5, 0.6) is 0 Å². The van der Waals surface area contributed by atoms with Crippen LogP contribution in [0.25, 0.3) is 0 Å². The van der Waals surface area contributed by atoms with Gasteiger partial charge in [-0.1, -0.05) is 19.1 Å². The average Bonchev–Trinajstić information content (AvgIpc) is 3.20. The first-order valence-corrected chi connectivity index (χ1v) is 10.4. The molecular weight excluding hydrogens is 380 g/mol. The quantitative estimate of drug-likeness (QED) is 0.794. The second-order valence-electron chi connectivity index (χ2n) is 7.61. The van der Waals surface area contributed by atoms with E-state index in [4.69, 9.17) is 0 Å². The molecule has 0 bridgehead atoms. The molecule has 0 aliphatic carbocycles. The Labute approximate surface area is 176 Å². The van der Waals surface area contributed by atoms with Gasteiger partial charge in [-0.3, -0.25) is 14.4 Å². The van der Waals surface area contributed by atoms with Gasteiger partial charge in [0.1, 0.15) is 0 Å². The van der Waals surface area contributed by atoms with Gasteiger partial charge >= 0.3 is 0 Å². The fourth-order valence-corrected chi connectivity index (χ4v) is 3.96. The number of rotatable bonds is 5. The number of carbonyl (C=O) groups excluding carboxylic acids is 3. The number of nitrogens with one attached hydrogen (secondary N) is 2. The molecule has 2 aromatic carbocycles. The Kier molecular flexibility index (Phi) is 5.70. The molecule has 0 spiro atoms. The van der Waals surface area contributed by atoms with E-state index < -0.39 is 0 Å². The highest BCUT2D eigenvalue weighted by Gasteiger charge is 2.24. The Morgan fingerprint density at radius 3 is 2.63 bits per heavy atom. The molecule has 0 saturated carbocycles. The molecule has 3 amide bonds. The van der Waals surface area contributed by atoms with Gasteiger partial charge in [0.2, 0.25) is 11.8 Å². The Morgan fingerprint density at radius 2 is 1.90 bits per heavy atom. The molecule has 1 fully saturated rings. The number of benzene rings is 2. The lowest BCUT2D eigenvalue weighted by molar-refractivity contribution is -0.120. The van der Waals surface area contributed by atoms with E-state index in [0.29, 0.717) is 38.2 Å². The summed E-state index contributed by atoms with van der Waals surface area (Å²) in [5.41, 5.74) is 4.56. The van der Waals surface area contributed by atoms with Crippen LogP contribution in [0.4, 0.5) is 11.4 Å². The Hall–Kier alpha value is -3.35. The first-order chi connectivity index (χ1) is 14.5. The number of anilines is 2. The summed E-state index contributed by atoms with van der Waals surface area (Å²) >= 11 is 0. The molecule has 0 aromatic heterocycles. The number of nitrogens with zero attached hydrogens (tertiary/aromatic N) is 2. The Morgan fingerprint density at radius 1 is 1.10 bits per heavy atom. The largest absolute Gasteiger partial charge is 0.360 e. The maximum atomic E-state index is 12.6. The van der Waals surface area contributed by atoms with Gasteiger partial charge in [-0.25, -0.2) is 0 Å². The molecule has 30 heavy (non-hydrogen) atoms. The highest BCUT2D eigenvalue weighted by molar-refractivity contribution is 5.98. The summed E-state index contributed by atoms with van der Waals surface area (Å²) in [4.78, 5) is 40.0. The first kappa shape index (κ1) is 19.9. The van der Waals surface area contributed by atoms with Gasteiger partial charge in [-0.05, 0) is 47.9 Å². The van der Waals surface area contributed by atoms with Gasteiger partial charge in [0, 0.05) is 49.5 Å². The van der Waals surface area contributed by atoms with Crippen LogP contribution in [0.15, 0.2) is 42.5 Å². The number of fused-ring (bicyclic) bond motifs is 1. The van der Waals surface area contributed by atoms with Crippen LogP contribution in [0, 0.1) is 0 Å². The minimum atomic E-state index is -0.130. The van der Waals surface area contributed by atoms with Crippen LogP contribution in [-0.4, -0.2) is 43.9 Å². The zero-order valence-electron chi connectivity index (χ0n) is 17.1. The molecule has 1 saturated heterocycles. The van der Waals surface area contributed by atoms with Gasteiger partial charge in [0.15, 0.2) is 0 Å². The van der Waals surface area contributed by atoms with Crippen LogP contribution in [-0.2, 0) is 22.6 Å². The lowest BCUT2D eigenvalue weighted by Crippen LogP contribution is -2.47. The molecule has 2 aliphatic heterocycles. The van der Waals surface area contributed by atoms with E-state index in [1.807, 2.05) is 48.2 Å². The molecule has 2 N–H and O–H groups in total. The summed E-state index contributed by atoms with van der Waals surface area (Å²) in [6, 6.07) is 13.4. The van der Waals surface area contributed by atoms with Crippen molar-refractivity contribution in [2.24, 2.45) is 0 Å². The lowest BCUT2D eigenvalue weighted by Gasteiger charge is -2.28. The lowest BCUT2D eigenvalue weighted by atomic mass is 10.1. The normalized spacial score (nSPS) is 15.6. The van der Waals surface area contributed by atoms with Gasteiger partial charge < -0.3 is 20.4 Å². The predicted molar refractivity (Wildman–Crippen MR) is 116 cm³/mol. The summed E-state index contributed by atoms with van der Waals surface area (Å²) in [5, 5.41) is 5.78. The summed E-state index contributed by atoms with van der Waals surface area (Å²) in [7, 11) is 0. The van der Waals surface area contributed by atoms with Crippen molar-refractivity contribution in [1.29, 1.82) is 0 Å². The van der Waals surface area contributed by atoms with Crippen LogP contribution in [0.2, 0.25) is 0 Å². The molecule has 2 aliphatic rings. The predicted octanol–water partition coefficient (Wildman–Crippen LogP) is 1.85. The van der Waals surface area contributed by atoms with Crippen LogP contribution >= 0.6 is 0 Å². The van der Waals surface area contributed by atoms with Crippen molar-refractivity contribution in [3.8, 4) is 0 Å². The third kappa shape index (κ3) is 4.15. The molecule has 156 valence electrons. The van der Waals surface area contributed by atoms with Gasteiger partial charge in [0.25, 0.3) is 5.91 Å². The molecule has 7 nitrogen and oxygen atoms in total. The van der Waals surface area contributed by atoms with Crippen LogP contribution in [0.1, 0.15) is 34.8 Å². The monoisotopic (exact) mass is 406 g/mol. The molecule has 7 heteroatoms. The second kappa shape index (κ2) is 8.57. The number of hydrogen-bond acceptors (Lipinski definition) is 4. The average molecular weight is 406 g/mol. The summed E-state index contributed by atoms with van der Waals surface area (Å²) in [6.45, 7) is 4.78. The van der Waals surface area contributed by atoms with E-state index >= 15 is 0 Å². The third-order valence-electron chi connectivity index (χ3n) is 5.63. The third-order valence-corrected chi connectivity index (χ3v) is 5.63. The number of carbonyl (C=O) groups is 3. The summed E-state index contributed by atoms with van der Waals surface area (Å²) < 4.78 is 0. The van der Waals surface area contributed by atoms with Crippen molar-refractivity contribution in [3.63, 3.8) is 0 Å². The standard InChI is InChI=1S/C23H26N4O3/c1-2-22(29)27-11-9-17-13-18(5-8-20(17)27)23(30)25-14-16-3-6-19(7-4-16)26-12-10-24-21(28)15-26/h3-8,13H,2,9-12,14-15H2,1H3,(H,24,28)(H,25,30). The molecule has 2 aromatic rings. The number of hydrogen-bond donors (Lipinski definition) is 2. The van der Waals surface area contributed by atoms with Gasteiger partial charge in [0.05, 0.1) is 6.54 Å². The van der Waals surface area contributed by atoms with E-state index in [-0.39, 0.29) is 17.7 Å². The zero-order valence-corrected chi connectivity index (χ0v) is 17.1. The van der Waals surface area contributed by atoms with Crippen molar-refractivity contribution in [3.05, 3.63) is 59.2 Å². The van der Waals surface area contributed by atoms with Gasteiger partial charge in [-0.15, -0.1) is 0 Å². The molecular formula is C23H26N4O3.